The second kappa shape index (κ2) is 8.98. The van der Waals surface area contributed by atoms with Crippen LogP contribution in [0.2, 0.25) is 0 Å². The van der Waals surface area contributed by atoms with Crippen molar-refractivity contribution in [2.75, 3.05) is 0 Å². The average Bonchev–Trinajstić information content (AvgIpc) is 2.43. The topological polar surface area (TPSA) is 63.6 Å². The van der Waals surface area contributed by atoms with Crippen LogP contribution < -0.4 is 0 Å². The highest BCUT2D eigenvalue weighted by Crippen LogP contribution is 2.30. The summed E-state index contributed by atoms with van der Waals surface area (Å²) in [7, 11) is 0. The number of aliphatic carboxylic acids is 1. The Bertz CT molecular complexity index is 306. The molecule has 4 nitrogen and oxygen atoms in total. The van der Waals surface area contributed by atoms with Gasteiger partial charge in [0.05, 0.1) is 17.9 Å². The Morgan fingerprint density at radius 3 is 2.25 bits per heavy atom. The molecule has 0 spiro atoms. The van der Waals surface area contributed by atoms with Gasteiger partial charge in [0.2, 0.25) is 0 Å². The number of rotatable bonds is 8. The van der Waals surface area contributed by atoms with Crippen LogP contribution in [0.15, 0.2) is 0 Å². The Morgan fingerprint density at radius 1 is 1.10 bits per heavy atom. The fourth-order valence-corrected chi connectivity index (χ4v) is 2.79. The minimum Gasteiger partial charge on any atom is -0.481 e. The van der Waals surface area contributed by atoms with E-state index in [1.165, 1.54) is 19.3 Å². The first kappa shape index (κ1) is 17.0. The van der Waals surface area contributed by atoms with Crippen LogP contribution in [0.5, 0.6) is 0 Å². The number of esters is 1. The Kier molecular flexibility index (Phi) is 7.63. The summed E-state index contributed by atoms with van der Waals surface area (Å²) in [4.78, 5) is 22.9. The van der Waals surface area contributed by atoms with Crippen molar-refractivity contribution in [2.24, 2.45) is 11.8 Å². The molecule has 0 aromatic carbocycles. The monoisotopic (exact) mass is 284 g/mol. The number of hydrogen-bond acceptors (Lipinski definition) is 3. The molecule has 1 rings (SSSR count). The number of carboxylic acid groups (broad SMARTS) is 1. The van der Waals surface area contributed by atoms with E-state index in [1.807, 2.05) is 6.92 Å². The van der Waals surface area contributed by atoms with Gasteiger partial charge in [0, 0.05) is 0 Å². The minimum absolute atomic E-state index is 0.0171. The van der Waals surface area contributed by atoms with Crippen LogP contribution in [0.3, 0.4) is 0 Å². The molecule has 0 aromatic heterocycles. The van der Waals surface area contributed by atoms with Crippen molar-refractivity contribution in [3.05, 3.63) is 0 Å². The van der Waals surface area contributed by atoms with E-state index in [4.69, 9.17) is 9.84 Å². The molecular formula is C16H28O4. The zero-order chi connectivity index (χ0) is 15.0. The fourth-order valence-electron chi connectivity index (χ4n) is 2.79. The molecule has 0 amide bonds. The average molecular weight is 284 g/mol. The lowest BCUT2D eigenvalue weighted by molar-refractivity contribution is -0.156. The van der Waals surface area contributed by atoms with Gasteiger partial charge < -0.3 is 9.84 Å². The van der Waals surface area contributed by atoms with Gasteiger partial charge in [0.1, 0.15) is 0 Å². The largest absolute Gasteiger partial charge is 0.481 e. The summed E-state index contributed by atoms with van der Waals surface area (Å²) in [5.74, 6) is -1.23. The molecule has 0 heterocycles. The fraction of sp³-hybridized carbons (Fsp3) is 0.875. The molecule has 0 aliphatic heterocycles. The van der Waals surface area contributed by atoms with Crippen molar-refractivity contribution in [3.63, 3.8) is 0 Å². The van der Waals surface area contributed by atoms with Crippen molar-refractivity contribution in [3.8, 4) is 0 Å². The van der Waals surface area contributed by atoms with Gasteiger partial charge in [0.15, 0.2) is 0 Å². The van der Waals surface area contributed by atoms with Gasteiger partial charge in [-0.1, -0.05) is 26.2 Å². The van der Waals surface area contributed by atoms with Gasteiger partial charge >= 0.3 is 11.9 Å². The van der Waals surface area contributed by atoms with E-state index in [0.29, 0.717) is 25.7 Å². The third-order valence-corrected chi connectivity index (χ3v) is 4.19. The van der Waals surface area contributed by atoms with Crippen LogP contribution in [0.1, 0.15) is 71.6 Å². The van der Waals surface area contributed by atoms with E-state index in [1.54, 1.807) is 0 Å². The van der Waals surface area contributed by atoms with Gasteiger partial charge in [-0.15, -0.1) is 0 Å². The number of carbonyl (C=O) groups is 2. The molecule has 0 aromatic rings. The first-order valence-electron chi connectivity index (χ1n) is 7.97. The number of unbranched alkanes of at least 4 members (excludes halogenated alkanes) is 3. The Hall–Kier alpha value is -1.06. The summed E-state index contributed by atoms with van der Waals surface area (Å²) in [6, 6.07) is 0. The van der Waals surface area contributed by atoms with Crippen molar-refractivity contribution in [1.29, 1.82) is 0 Å². The van der Waals surface area contributed by atoms with Gasteiger partial charge in [-0.25, -0.2) is 0 Å². The first-order chi connectivity index (χ1) is 9.54. The van der Waals surface area contributed by atoms with Crippen LogP contribution in [-0.2, 0) is 14.3 Å². The lowest BCUT2D eigenvalue weighted by Crippen LogP contribution is -2.29. The van der Waals surface area contributed by atoms with Gasteiger partial charge in [-0.05, 0) is 45.4 Å². The molecule has 1 N–H and O–H groups in total. The lowest BCUT2D eigenvalue weighted by Gasteiger charge is -2.25. The van der Waals surface area contributed by atoms with Crippen LogP contribution in [0.4, 0.5) is 0 Å². The molecule has 116 valence electrons. The molecule has 1 fully saturated rings. The van der Waals surface area contributed by atoms with Gasteiger partial charge in [-0.3, -0.25) is 9.59 Å². The molecule has 1 aliphatic rings. The molecule has 20 heavy (non-hydrogen) atoms. The van der Waals surface area contributed by atoms with Crippen molar-refractivity contribution < 1.29 is 19.4 Å². The van der Waals surface area contributed by atoms with E-state index in [2.05, 4.69) is 6.92 Å². The third kappa shape index (κ3) is 5.93. The van der Waals surface area contributed by atoms with Crippen molar-refractivity contribution in [1.82, 2.24) is 0 Å². The summed E-state index contributed by atoms with van der Waals surface area (Å²) in [5, 5.41) is 8.93. The molecule has 4 heteroatoms. The SMILES string of the molecule is CCCCCCC(C)OC(=O)C1CCC(C(=O)O)CC1. The highest BCUT2D eigenvalue weighted by molar-refractivity contribution is 5.74. The molecule has 1 atom stereocenters. The number of ether oxygens (including phenoxy) is 1. The Balaban J connectivity index is 2.21. The maximum absolute atomic E-state index is 12.0. The number of hydrogen-bond donors (Lipinski definition) is 1. The summed E-state index contributed by atoms with van der Waals surface area (Å²) in [6.45, 7) is 4.13. The normalized spacial score (nSPS) is 24.1. The standard InChI is InChI=1S/C16H28O4/c1-3-4-5-6-7-12(2)20-16(19)14-10-8-13(9-11-14)15(17)18/h12-14H,3-11H2,1-2H3,(H,17,18). The van der Waals surface area contributed by atoms with E-state index in [0.717, 1.165) is 12.8 Å². The molecule has 1 aliphatic carbocycles. The summed E-state index contributed by atoms with van der Waals surface area (Å²) >= 11 is 0. The molecule has 0 saturated heterocycles. The molecular weight excluding hydrogens is 256 g/mol. The zero-order valence-electron chi connectivity index (χ0n) is 12.8. The molecule has 0 radical (unpaired) electrons. The van der Waals surface area contributed by atoms with Crippen LogP contribution in [0.25, 0.3) is 0 Å². The maximum Gasteiger partial charge on any atom is 0.309 e. The van der Waals surface area contributed by atoms with Gasteiger partial charge in [-0.2, -0.15) is 0 Å². The van der Waals surface area contributed by atoms with E-state index in [-0.39, 0.29) is 23.9 Å². The second-order valence-corrected chi connectivity index (χ2v) is 5.98. The molecule has 0 bridgehead atoms. The molecule has 1 saturated carbocycles. The maximum atomic E-state index is 12.0. The van der Waals surface area contributed by atoms with Crippen LogP contribution >= 0.6 is 0 Å². The second-order valence-electron chi connectivity index (χ2n) is 5.98. The number of carboxylic acids is 1. The Labute approximate surface area is 121 Å². The van der Waals surface area contributed by atoms with Crippen LogP contribution in [0, 0.1) is 11.8 Å². The predicted octanol–water partition coefficient (Wildman–Crippen LogP) is 3.78. The Morgan fingerprint density at radius 2 is 1.70 bits per heavy atom. The molecule has 1 unspecified atom stereocenters. The van der Waals surface area contributed by atoms with E-state index in [9.17, 15) is 9.59 Å². The zero-order valence-corrected chi connectivity index (χ0v) is 12.8. The highest BCUT2D eigenvalue weighted by atomic mass is 16.5. The van der Waals surface area contributed by atoms with Crippen LogP contribution in [-0.4, -0.2) is 23.1 Å². The summed E-state index contributed by atoms with van der Waals surface area (Å²) in [6.07, 6.45) is 8.15. The van der Waals surface area contributed by atoms with Crippen molar-refractivity contribution >= 4 is 11.9 Å². The van der Waals surface area contributed by atoms with Gasteiger partial charge in [0.25, 0.3) is 0 Å². The van der Waals surface area contributed by atoms with E-state index < -0.39 is 5.97 Å². The predicted molar refractivity (Wildman–Crippen MR) is 77.4 cm³/mol. The number of carbonyl (C=O) groups excluding carboxylic acids is 1. The smallest absolute Gasteiger partial charge is 0.309 e. The lowest BCUT2D eigenvalue weighted by atomic mass is 9.82. The third-order valence-electron chi connectivity index (χ3n) is 4.19. The minimum atomic E-state index is -0.735. The first-order valence-corrected chi connectivity index (χ1v) is 7.97. The summed E-state index contributed by atoms with van der Waals surface area (Å²) in [5.41, 5.74) is 0. The highest BCUT2D eigenvalue weighted by Gasteiger charge is 2.31. The van der Waals surface area contributed by atoms with E-state index >= 15 is 0 Å². The summed E-state index contributed by atoms with van der Waals surface area (Å²) < 4.78 is 5.48. The van der Waals surface area contributed by atoms with Crippen molar-refractivity contribution in [2.45, 2.75) is 77.7 Å². The quantitative estimate of drug-likeness (QED) is 0.544.